The van der Waals surface area contributed by atoms with Gasteiger partial charge in [-0.05, 0) is 0 Å². The van der Waals surface area contributed by atoms with Gasteiger partial charge in [0.25, 0.3) is 0 Å². The molecule has 0 saturated carbocycles. The zero-order chi connectivity index (χ0) is 6.08. The van der Waals surface area contributed by atoms with Crippen LogP contribution in [0.3, 0.4) is 0 Å². The molecule has 0 bridgehead atoms. The van der Waals surface area contributed by atoms with Crippen molar-refractivity contribution < 1.29 is 50.7 Å². The van der Waals surface area contributed by atoms with Crippen LogP contribution in [0.4, 0.5) is 13.2 Å². The third-order valence-electron chi connectivity index (χ3n) is 0.243. The fraction of sp³-hybridized carbons (Fsp3) is 0.500. The van der Waals surface area contributed by atoms with Crippen molar-refractivity contribution in [1.82, 2.24) is 0 Å². The van der Waals surface area contributed by atoms with Crippen LogP contribution in [-0.4, -0.2) is 17.3 Å². The van der Waals surface area contributed by atoms with Crippen molar-refractivity contribution in [1.29, 1.82) is 0 Å². The minimum absolute atomic E-state index is 0. The van der Waals surface area contributed by atoms with Crippen molar-refractivity contribution >= 4 is 5.97 Å². The molecule has 1 N–H and O–H groups in total. The summed E-state index contributed by atoms with van der Waals surface area (Å²) in [5.74, 6) is -2.76. The average molecular weight is 315 g/mol. The number of aliphatic carboxylic acids is 1. The van der Waals surface area contributed by atoms with Crippen molar-refractivity contribution in [2.75, 3.05) is 0 Å². The van der Waals surface area contributed by atoms with Crippen LogP contribution in [0, 0.1) is 0 Å². The van der Waals surface area contributed by atoms with Gasteiger partial charge in [-0.2, -0.15) is 13.2 Å². The van der Waals surface area contributed by atoms with E-state index in [0.29, 0.717) is 0 Å². The Balaban J connectivity index is 0. The van der Waals surface area contributed by atoms with E-state index in [9.17, 15) is 13.2 Å². The molecule has 0 aromatic rings. The van der Waals surface area contributed by atoms with E-state index in [2.05, 4.69) is 0 Å². The first kappa shape index (κ1) is 11.1. The van der Waals surface area contributed by atoms with Gasteiger partial charge in [0.2, 0.25) is 0 Å². The maximum Gasteiger partial charge on any atom is 2.00 e. The molecule has 0 spiro atoms. The van der Waals surface area contributed by atoms with E-state index in [1.54, 1.807) is 0 Å². The number of carbonyl (C=O) groups is 1. The van der Waals surface area contributed by atoms with Gasteiger partial charge in [-0.1, -0.05) is 0 Å². The molecule has 0 amide bonds. The summed E-state index contributed by atoms with van der Waals surface area (Å²) in [4.78, 5) is 8.90. The van der Waals surface area contributed by atoms with Crippen molar-refractivity contribution in [2.45, 2.75) is 6.18 Å². The van der Waals surface area contributed by atoms with Crippen LogP contribution >= 0.6 is 0 Å². The molecule has 0 aliphatic carbocycles. The fourth-order valence-electron chi connectivity index (χ4n) is 0. The predicted molar refractivity (Wildman–Crippen MR) is 13.7 cm³/mol. The first-order valence-corrected chi connectivity index (χ1v) is 1.24. The average Bonchev–Trinajstić information content (AvgIpc) is 1.31. The number of rotatable bonds is 0. The van der Waals surface area contributed by atoms with E-state index < -0.39 is 12.1 Å². The second-order valence-electron chi connectivity index (χ2n) is 0.803. The van der Waals surface area contributed by atoms with Crippen molar-refractivity contribution in [3.8, 4) is 0 Å². The molecular formula is C2HF3HgO2+2. The maximum absolute atomic E-state index is 10.6. The number of halogens is 3. The predicted octanol–water partition coefficient (Wildman–Crippen LogP) is 0.631. The molecule has 0 aliphatic rings. The molecule has 0 atom stereocenters. The Morgan fingerprint density at radius 1 is 1.38 bits per heavy atom. The van der Waals surface area contributed by atoms with Crippen LogP contribution in [0.2, 0.25) is 0 Å². The van der Waals surface area contributed by atoms with Gasteiger partial charge in [-0.25, -0.2) is 4.79 Å². The Kier molecular flexibility index (Phi) is 4.51. The Morgan fingerprint density at radius 3 is 1.50 bits per heavy atom. The second-order valence-corrected chi connectivity index (χ2v) is 0.803. The summed E-state index contributed by atoms with van der Waals surface area (Å²) >= 11 is 0. The minimum atomic E-state index is -5.08. The standard InChI is InChI=1S/C2HF3O2.Hg/c3-2(4,5)1(6)7;/h(H,6,7);/q;+2. The number of alkyl halides is 3. The molecule has 0 radical (unpaired) electrons. The van der Waals surface area contributed by atoms with Crippen LogP contribution in [0.15, 0.2) is 0 Å². The molecule has 6 heteroatoms. The Bertz CT molecular complexity index is 87.8. The second kappa shape index (κ2) is 3.27. The molecule has 8 heavy (non-hydrogen) atoms. The van der Waals surface area contributed by atoms with Gasteiger partial charge in [-0.3, -0.25) is 0 Å². The first-order chi connectivity index (χ1) is 2.94. The Morgan fingerprint density at radius 2 is 1.50 bits per heavy atom. The van der Waals surface area contributed by atoms with Crippen molar-refractivity contribution in [2.24, 2.45) is 0 Å². The Hall–Kier alpha value is 0.195. The SMILES string of the molecule is O=C(O)C(F)(F)F.[Hg+2]. The molecule has 0 aromatic carbocycles. The monoisotopic (exact) mass is 316 g/mol. The van der Waals surface area contributed by atoms with Crippen LogP contribution in [-0.2, 0) is 32.5 Å². The maximum atomic E-state index is 10.6. The van der Waals surface area contributed by atoms with Crippen LogP contribution in [0.1, 0.15) is 0 Å². The van der Waals surface area contributed by atoms with Gasteiger partial charge in [0.1, 0.15) is 0 Å². The van der Waals surface area contributed by atoms with Gasteiger partial charge in [0.05, 0.1) is 0 Å². The summed E-state index contributed by atoms with van der Waals surface area (Å²) in [5.41, 5.74) is 0. The third kappa shape index (κ3) is 4.36. The van der Waals surface area contributed by atoms with E-state index in [1.807, 2.05) is 0 Å². The van der Waals surface area contributed by atoms with E-state index in [0.717, 1.165) is 0 Å². The first-order valence-electron chi connectivity index (χ1n) is 1.24. The van der Waals surface area contributed by atoms with E-state index in [-0.39, 0.29) is 27.7 Å². The topological polar surface area (TPSA) is 37.3 Å². The number of carboxylic acid groups (broad SMARTS) is 1. The smallest absolute Gasteiger partial charge is 0.475 e. The molecule has 0 heterocycles. The van der Waals surface area contributed by atoms with Gasteiger partial charge >= 0.3 is 39.8 Å². The third-order valence-corrected chi connectivity index (χ3v) is 0.243. The van der Waals surface area contributed by atoms with E-state index in [1.165, 1.54) is 0 Å². The quantitative estimate of drug-likeness (QED) is 0.666. The Labute approximate surface area is 63.2 Å². The van der Waals surface area contributed by atoms with Gasteiger partial charge in [0, 0.05) is 0 Å². The van der Waals surface area contributed by atoms with Gasteiger partial charge < -0.3 is 5.11 Å². The van der Waals surface area contributed by atoms with E-state index in [4.69, 9.17) is 9.90 Å². The summed E-state index contributed by atoms with van der Waals surface area (Å²) in [5, 5.41) is 7.12. The number of hydrogen-bond acceptors (Lipinski definition) is 1. The van der Waals surface area contributed by atoms with Crippen LogP contribution in [0.5, 0.6) is 0 Å². The van der Waals surface area contributed by atoms with Gasteiger partial charge in [-0.15, -0.1) is 0 Å². The minimum Gasteiger partial charge on any atom is -0.475 e. The molecule has 0 unspecified atom stereocenters. The molecule has 0 rings (SSSR count). The molecule has 0 aliphatic heterocycles. The largest absolute Gasteiger partial charge is 2.00 e. The molecule has 0 aromatic heterocycles. The van der Waals surface area contributed by atoms with Crippen molar-refractivity contribution in [3.05, 3.63) is 0 Å². The fourth-order valence-corrected chi connectivity index (χ4v) is 0. The molecule has 2 nitrogen and oxygen atoms in total. The molecular weight excluding hydrogens is 314 g/mol. The molecule has 0 fully saturated rings. The summed E-state index contributed by atoms with van der Waals surface area (Å²) in [6.07, 6.45) is -5.08. The summed E-state index contributed by atoms with van der Waals surface area (Å²) in [6, 6.07) is 0. The number of hydrogen-bond donors (Lipinski definition) is 1. The molecule has 42 valence electrons. The molecule has 0 saturated heterocycles. The van der Waals surface area contributed by atoms with Crippen LogP contribution in [0.25, 0.3) is 0 Å². The van der Waals surface area contributed by atoms with Gasteiger partial charge in [0.15, 0.2) is 0 Å². The van der Waals surface area contributed by atoms with E-state index >= 15 is 0 Å². The summed E-state index contributed by atoms with van der Waals surface area (Å²) in [7, 11) is 0. The normalized spacial score (nSPS) is 9.88. The van der Waals surface area contributed by atoms with Crippen LogP contribution < -0.4 is 0 Å². The summed E-state index contributed by atoms with van der Waals surface area (Å²) < 4.78 is 31.7. The summed E-state index contributed by atoms with van der Waals surface area (Å²) in [6.45, 7) is 0. The van der Waals surface area contributed by atoms with Crippen molar-refractivity contribution in [3.63, 3.8) is 0 Å². The zero-order valence-corrected chi connectivity index (χ0v) is 9.19. The number of carboxylic acids is 1. The zero-order valence-electron chi connectivity index (χ0n) is 3.70.